The highest BCUT2D eigenvalue weighted by Crippen LogP contribution is 2.25. The molecule has 2 rings (SSSR count). The summed E-state index contributed by atoms with van der Waals surface area (Å²) in [6.45, 7) is 6.71. The third-order valence-corrected chi connectivity index (χ3v) is 3.99. The molecule has 1 unspecified atom stereocenters. The number of carboxylic acid groups (broad SMARTS) is 1. The van der Waals surface area contributed by atoms with E-state index in [0.29, 0.717) is 19.5 Å². The zero-order chi connectivity index (χ0) is 15.6. The van der Waals surface area contributed by atoms with E-state index in [4.69, 9.17) is 0 Å². The van der Waals surface area contributed by atoms with Crippen molar-refractivity contribution in [1.82, 2.24) is 9.80 Å². The van der Waals surface area contributed by atoms with E-state index in [2.05, 4.69) is 0 Å². The number of hydrogen-bond acceptors (Lipinski definition) is 2. The van der Waals surface area contributed by atoms with Crippen molar-refractivity contribution < 1.29 is 14.7 Å². The van der Waals surface area contributed by atoms with Crippen molar-refractivity contribution >= 4 is 12.0 Å². The summed E-state index contributed by atoms with van der Waals surface area (Å²) in [7, 11) is 0. The van der Waals surface area contributed by atoms with Gasteiger partial charge in [0.2, 0.25) is 0 Å². The maximum atomic E-state index is 12.7. The molecule has 114 valence electrons. The molecule has 1 aromatic rings. The van der Waals surface area contributed by atoms with Gasteiger partial charge >= 0.3 is 12.0 Å². The molecule has 0 radical (unpaired) electrons. The predicted molar refractivity (Wildman–Crippen MR) is 80.0 cm³/mol. The smallest absolute Gasteiger partial charge is 0.326 e. The third kappa shape index (κ3) is 3.01. The lowest BCUT2D eigenvalue weighted by Gasteiger charge is -2.39. The van der Waals surface area contributed by atoms with Crippen LogP contribution in [0.3, 0.4) is 0 Å². The molecule has 1 N–H and O–H groups in total. The van der Waals surface area contributed by atoms with Crippen LogP contribution in [0.15, 0.2) is 24.3 Å². The summed E-state index contributed by atoms with van der Waals surface area (Å²) >= 11 is 0. The Labute approximate surface area is 125 Å². The number of rotatable bonds is 3. The van der Waals surface area contributed by atoms with Crippen LogP contribution >= 0.6 is 0 Å². The van der Waals surface area contributed by atoms with Crippen molar-refractivity contribution in [3.8, 4) is 0 Å². The van der Waals surface area contributed by atoms with Gasteiger partial charge in [-0.25, -0.2) is 9.59 Å². The molecule has 0 bridgehead atoms. The average Bonchev–Trinajstić information content (AvgIpc) is 2.46. The molecule has 0 aliphatic carbocycles. The highest BCUT2D eigenvalue weighted by atomic mass is 16.4. The number of nitrogens with zero attached hydrogens (tertiary/aromatic N) is 2. The van der Waals surface area contributed by atoms with Crippen molar-refractivity contribution in [1.29, 1.82) is 0 Å². The number of fused-ring (bicyclic) bond motifs is 1. The standard InChI is InChI=1S/C16H22N2O3/c1-4-17(11(2)3)16(21)18-10-13-8-6-5-7-12(13)9-14(18)15(19)20/h5-8,11,14H,4,9-10H2,1-3H3,(H,19,20). The largest absolute Gasteiger partial charge is 0.480 e. The lowest BCUT2D eigenvalue weighted by molar-refractivity contribution is -0.143. The second-order valence-electron chi connectivity index (χ2n) is 5.62. The van der Waals surface area contributed by atoms with Crippen LogP contribution < -0.4 is 0 Å². The van der Waals surface area contributed by atoms with E-state index in [-0.39, 0.29) is 12.1 Å². The number of benzene rings is 1. The normalized spacial score (nSPS) is 17.5. The summed E-state index contributed by atoms with van der Waals surface area (Å²) in [4.78, 5) is 27.4. The van der Waals surface area contributed by atoms with Gasteiger partial charge in [0.1, 0.15) is 6.04 Å². The summed E-state index contributed by atoms with van der Waals surface area (Å²) in [6.07, 6.45) is 0.368. The molecule has 1 heterocycles. The van der Waals surface area contributed by atoms with E-state index < -0.39 is 12.0 Å². The molecule has 0 saturated carbocycles. The second-order valence-corrected chi connectivity index (χ2v) is 5.62. The number of carboxylic acids is 1. The number of carbonyl (C=O) groups excluding carboxylic acids is 1. The van der Waals surface area contributed by atoms with Gasteiger partial charge in [-0.15, -0.1) is 0 Å². The predicted octanol–water partition coefficient (Wildman–Crippen LogP) is 2.35. The molecule has 0 saturated heterocycles. The average molecular weight is 290 g/mol. The molecular weight excluding hydrogens is 268 g/mol. The molecule has 5 heteroatoms. The van der Waals surface area contributed by atoms with Gasteiger partial charge in [-0.3, -0.25) is 0 Å². The first-order valence-corrected chi connectivity index (χ1v) is 7.32. The Kier molecular flexibility index (Phi) is 4.50. The van der Waals surface area contributed by atoms with Crippen molar-refractivity contribution in [2.75, 3.05) is 6.54 Å². The number of urea groups is 1. The van der Waals surface area contributed by atoms with Gasteiger partial charge in [-0.05, 0) is 31.9 Å². The summed E-state index contributed by atoms with van der Waals surface area (Å²) in [5.41, 5.74) is 2.05. The maximum absolute atomic E-state index is 12.7. The van der Waals surface area contributed by atoms with Crippen molar-refractivity contribution in [2.24, 2.45) is 0 Å². The van der Waals surface area contributed by atoms with Crippen molar-refractivity contribution in [3.05, 3.63) is 35.4 Å². The van der Waals surface area contributed by atoms with E-state index in [0.717, 1.165) is 11.1 Å². The van der Waals surface area contributed by atoms with E-state index in [9.17, 15) is 14.7 Å². The maximum Gasteiger partial charge on any atom is 0.326 e. The Balaban J connectivity index is 2.32. The van der Waals surface area contributed by atoms with E-state index in [1.165, 1.54) is 4.90 Å². The minimum absolute atomic E-state index is 0.0501. The van der Waals surface area contributed by atoms with Crippen LogP contribution in [0.4, 0.5) is 4.79 Å². The lowest BCUT2D eigenvalue weighted by atomic mass is 9.94. The first kappa shape index (κ1) is 15.4. The van der Waals surface area contributed by atoms with Crippen LogP contribution in [0.25, 0.3) is 0 Å². The molecule has 0 spiro atoms. The van der Waals surface area contributed by atoms with Crippen molar-refractivity contribution in [2.45, 2.75) is 45.8 Å². The fourth-order valence-electron chi connectivity index (χ4n) is 2.83. The SMILES string of the molecule is CCN(C(=O)N1Cc2ccccc2CC1C(=O)O)C(C)C. The molecule has 1 aliphatic rings. The lowest BCUT2D eigenvalue weighted by Crippen LogP contribution is -2.54. The van der Waals surface area contributed by atoms with E-state index in [1.54, 1.807) is 4.90 Å². The van der Waals surface area contributed by atoms with Crippen LogP contribution in [0.1, 0.15) is 31.9 Å². The van der Waals surface area contributed by atoms with E-state index in [1.807, 2.05) is 45.0 Å². The number of hydrogen-bond donors (Lipinski definition) is 1. The van der Waals surface area contributed by atoms with Gasteiger partial charge in [0.15, 0.2) is 0 Å². The summed E-state index contributed by atoms with van der Waals surface area (Å²) in [5, 5.41) is 9.46. The first-order chi connectivity index (χ1) is 9.95. The highest BCUT2D eigenvalue weighted by Gasteiger charge is 2.36. The fourth-order valence-corrected chi connectivity index (χ4v) is 2.83. The number of carbonyl (C=O) groups is 2. The highest BCUT2D eigenvalue weighted by molar-refractivity contribution is 5.83. The van der Waals surface area contributed by atoms with Gasteiger partial charge in [0.25, 0.3) is 0 Å². The van der Waals surface area contributed by atoms with Crippen LogP contribution in [0.2, 0.25) is 0 Å². The molecular formula is C16H22N2O3. The van der Waals surface area contributed by atoms with Crippen LogP contribution in [0.5, 0.6) is 0 Å². The summed E-state index contributed by atoms with van der Waals surface area (Å²) in [5.74, 6) is -0.947. The Morgan fingerprint density at radius 1 is 1.33 bits per heavy atom. The Hall–Kier alpha value is -2.04. The van der Waals surface area contributed by atoms with Gasteiger partial charge in [0.05, 0.1) is 0 Å². The zero-order valence-corrected chi connectivity index (χ0v) is 12.7. The zero-order valence-electron chi connectivity index (χ0n) is 12.7. The van der Waals surface area contributed by atoms with E-state index >= 15 is 0 Å². The van der Waals surface area contributed by atoms with Gasteiger partial charge in [0, 0.05) is 25.6 Å². The number of amides is 2. The third-order valence-electron chi connectivity index (χ3n) is 3.99. The van der Waals surface area contributed by atoms with Crippen LogP contribution in [0, 0.1) is 0 Å². The summed E-state index contributed by atoms with van der Waals surface area (Å²) < 4.78 is 0. The molecule has 1 aliphatic heterocycles. The Bertz CT molecular complexity index is 542. The molecule has 2 amide bonds. The Morgan fingerprint density at radius 3 is 2.48 bits per heavy atom. The minimum atomic E-state index is -0.947. The first-order valence-electron chi connectivity index (χ1n) is 7.32. The van der Waals surface area contributed by atoms with Gasteiger partial charge in [-0.2, -0.15) is 0 Å². The minimum Gasteiger partial charge on any atom is -0.480 e. The molecule has 1 atom stereocenters. The monoisotopic (exact) mass is 290 g/mol. The fraction of sp³-hybridized carbons (Fsp3) is 0.500. The molecule has 21 heavy (non-hydrogen) atoms. The summed E-state index contributed by atoms with van der Waals surface area (Å²) in [6, 6.07) is 6.78. The molecule has 0 fully saturated rings. The molecule has 1 aromatic carbocycles. The topological polar surface area (TPSA) is 60.9 Å². The quantitative estimate of drug-likeness (QED) is 0.929. The second kappa shape index (κ2) is 6.16. The number of aliphatic carboxylic acids is 1. The van der Waals surface area contributed by atoms with Crippen LogP contribution in [-0.2, 0) is 17.8 Å². The van der Waals surface area contributed by atoms with Crippen LogP contribution in [-0.4, -0.2) is 45.5 Å². The Morgan fingerprint density at radius 2 is 1.95 bits per heavy atom. The van der Waals surface area contributed by atoms with Gasteiger partial charge in [-0.1, -0.05) is 24.3 Å². The van der Waals surface area contributed by atoms with Gasteiger partial charge < -0.3 is 14.9 Å². The molecule has 0 aromatic heterocycles. The van der Waals surface area contributed by atoms with Crippen molar-refractivity contribution in [3.63, 3.8) is 0 Å². The molecule has 5 nitrogen and oxygen atoms in total.